The zero-order valence-electron chi connectivity index (χ0n) is 9.44. The number of ether oxygens (including phenoxy) is 1. The lowest BCUT2D eigenvalue weighted by Crippen LogP contribution is -2.21. The van der Waals surface area contributed by atoms with Crippen LogP contribution in [0.25, 0.3) is 0 Å². The van der Waals surface area contributed by atoms with Gasteiger partial charge in [0, 0.05) is 33.9 Å². The second kappa shape index (κ2) is 6.37. The molecule has 0 saturated heterocycles. The number of aromatic nitrogens is 1. The molecule has 0 aliphatic heterocycles. The summed E-state index contributed by atoms with van der Waals surface area (Å²) in [5.41, 5.74) is 6.46. The first-order valence-corrected chi connectivity index (χ1v) is 5.14. The van der Waals surface area contributed by atoms with Gasteiger partial charge in [0.15, 0.2) is 0 Å². The van der Waals surface area contributed by atoms with Crippen LogP contribution in [0.4, 0.5) is 5.82 Å². The highest BCUT2D eigenvalue weighted by Gasteiger charge is 2.02. The van der Waals surface area contributed by atoms with Gasteiger partial charge in [0.25, 0.3) is 0 Å². The molecule has 0 fully saturated rings. The molecule has 0 bridgehead atoms. The van der Waals surface area contributed by atoms with Gasteiger partial charge in [0.2, 0.25) is 0 Å². The molecule has 84 valence electrons. The van der Waals surface area contributed by atoms with E-state index in [0.717, 1.165) is 31.1 Å². The topological polar surface area (TPSA) is 51.4 Å². The standard InChI is InChI=1S/C11H19N3O/c1-14(7-4-8-15-2)11-6-3-5-10(9-12)13-11/h3,5-6H,4,7-9,12H2,1-2H3. The molecule has 0 aromatic carbocycles. The first-order valence-electron chi connectivity index (χ1n) is 5.14. The molecule has 0 unspecified atom stereocenters. The number of rotatable bonds is 6. The fourth-order valence-electron chi connectivity index (χ4n) is 1.35. The Balaban J connectivity index is 2.52. The summed E-state index contributed by atoms with van der Waals surface area (Å²) in [6.07, 6.45) is 1.00. The van der Waals surface area contributed by atoms with Gasteiger partial charge >= 0.3 is 0 Å². The maximum Gasteiger partial charge on any atom is 0.128 e. The fraction of sp³-hybridized carbons (Fsp3) is 0.545. The van der Waals surface area contributed by atoms with Crippen molar-refractivity contribution in [3.8, 4) is 0 Å². The lowest BCUT2D eigenvalue weighted by atomic mass is 10.3. The smallest absolute Gasteiger partial charge is 0.128 e. The molecule has 1 aromatic heterocycles. The summed E-state index contributed by atoms with van der Waals surface area (Å²) in [5.74, 6) is 0.967. The molecule has 0 atom stereocenters. The van der Waals surface area contributed by atoms with Crippen LogP contribution in [0.15, 0.2) is 18.2 Å². The maximum atomic E-state index is 5.54. The van der Waals surface area contributed by atoms with E-state index in [1.165, 1.54) is 0 Å². The molecule has 0 aliphatic carbocycles. The molecule has 2 N–H and O–H groups in total. The van der Waals surface area contributed by atoms with Crippen molar-refractivity contribution >= 4 is 5.82 Å². The average molecular weight is 209 g/mol. The highest BCUT2D eigenvalue weighted by atomic mass is 16.5. The molecule has 0 spiro atoms. The van der Waals surface area contributed by atoms with E-state index in [1.54, 1.807) is 7.11 Å². The fourth-order valence-corrected chi connectivity index (χ4v) is 1.35. The van der Waals surface area contributed by atoms with E-state index in [4.69, 9.17) is 10.5 Å². The second-order valence-electron chi connectivity index (χ2n) is 3.46. The van der Waals surface area contributed by atoms with Crippen molar-refractivity contribution < 1.29 is 4.74 Å². The van der Waals surface area contributed by atoms with Gasteiger partial charge in [-0.2, -0.15) is 0 Å². The minimum absolute atomic E-state index is 0.486. The van der Waals surface area contributed by atoms with Crippen LogP contribution in [-0.2, 0) is 11.3 Å². The lowest BCUT2D eigenvalue weighted by Gasteiger charge is -2.18. The predicted octanol–water partition coefficient (Wildman–Crippen LogP) is 1.01. The Hall–Kier alpha value is -1.13. The summed E-state index contributed by atoms with van der Waals surface area (Å²) in [6, 6.07) is 5.91. The van der Waals surface area contributed by atoms with Crippen molar-refractivity contribution in [2.45, 2.75) is 13.0 Å². The number of anilines is 1. The monoisotopic (exact) mass is 209 g/mol. The van der Waals surface area contributed by atoms with Gasteiger partial charge in [0.1, 0.15) is 5.82 Å². The van der Waals surface area contributed by atoms with E-state index in [2.05, 4.69) is 9.88 Å². The highest BCUT2D eigenvalue weighted by molar-refractivity contribution is 5.37. The Morgan fingerprint density at radius 2 is 2.27 bits per heavy atom. The summed E-state index contributed by atoms with van der Waals surface area (Å²) in [4.78, 5) is 6.54. The summed E-state index contributed by atoms with van der Waals surface area (Å²) in [5, 5.41) is 0. The number of hydrogen-bond donors (Lipinski definition) is 1. The lowest BCUT2D eigenvalue weighted by molar-refractivity contribution is 0.196. The zero-order valence-corrected chi connectivity index (χ0v) is 9.44. The summed E-state index contributed by atoms with van der Waals surface area (Å²) < 4.78 is 5.01. The summed E-state index contributed by atoms with van der Waals surface area (Å²) in [7, 11) is 3.74. The van der Waals surface area contributed by atoms with E-state index < -0.39 is 0 Å². The van der Waals surface area contributed by atoms with Crippen molar-refractivity contribution in [1.82, 2.24) is 4.98 Å². The van der Waals surface area contributed by atoms with Crippen LogP contribution in [0, 0.1) is 0 Å². The Kier molecular flexibility index (Phi) is 5.07. The molecule has 0 amide bonds. The van der Waals surface area contributed by atoms with Crippen molar-refractivity contribution in [3.05, 3.63) is 23.9 Å². The number of nitrogens with two attached hydrogens (primary N) is 1. The van der Waals surface area contributed by atoms with E-state index in [1.807, 2.05) is 25.2 Å². The van der Waals surface area contributed by atoms with Crippen molar-refractivity contribution in [2.24, 2.45) is 5.73 Å². The Bertz CT molecular complexity index is 291. The molecule has 1 aromatic rings. The SMILES string of the molecule is COCCCN(C)c1cccc(CN)n1. The third-order valence-corrected chi connectivity index (χ3v) is 2.23. The molecule has 1 heterocycles. The second-order valence-corrected chi connectivity index (χ2v) is 3.46. The molecule has 0 saturated carbocycles. The van der Waals surface area contributed by atoms with Crippen LogP contribution in [0.2, 0.25) is 0 Å². The van der Waals surface area contributed by atoms with Gasteiger partial charge < -0.3 is 15.4 Å². The Morgan fingerprint density at radius 3 is 2.93 bits per heavy atom. The number of nitrogens with zero attached hydrogens (tertiary/aromatic N) is 2. The molecule has 0 radical (unpaired) electrons. The average Bonchev–Trinajstić information content (AvgIpc) is 2.29. The van der Waals surface area contributed by atoms with Crippen molar-refractivity contribution in [2.75, 3.05) is 32.2 Å². The van der Waals surface area contributed by atoms with Gasteiger partial charge in [-0.25, -0.2) is 4.98 Å². The minimum Gasteiger partial charge on any atom is -0.385 e. The Labute approximate surface area is 91.1 Å². The first kappa shape index (κ1) is 11.9. The van der Waals surface area contributed by atoms with Crippen LogP contribution in [-0.4, -0.2) is 32.3 Å². The zero-order chi connectivity index (χ0) is 11.1. The third kappa shape index (κ3) is 3.85. The van der Waals surface area contributed by atoms with E-state index in [9.17, 15) is 0 Å². The van der Waals surface area contributed by atoms with Gasteiger partial charge in [0.05, 0.1) is 5.69 Å². The van der Waals surface area contributed by atoms with Crippen LogP contribution >= 0.6 is 0 Å². The highest BCUT2D eigenvalue weighted by Crippen LogP contribution is 2.09. The van der Waals surface area contributed by atoms with Gasteiger partial charge in [-0.15, -0.1) is 0 Å². The summed E-state index contributed by atoms with van der Waals surface area (Å²) >= 11 is 0. The molecule has 4 nitrogen and oxygen atoms in total. The van der Waals surface area contributed by atoms with Gasteiger partial charge in [-0.05, 0) is 18.6 Å². The van der Waals surface area contributed by atoms with Crippen molar-refractivity contribution in [1.29, 1.82) is 0 Å². The van der Waals surface area contributed by atoms with E-state index >= 15 is 0 Å². The van der Waals surface area contributed by atoms with Crippen LogP contribution < -0.4 is 10.6 Å². The third-order valence-electron chi connectivity index (χ3n) is 2.23. The number of hydrogen-bond acceptors (Lipinski definition) is 4. The normalized spacial score (nSPS) is 10.3. The van der Waals surface area contributed by atoms with Crippen molar-refractivity contribution in [3.63, 3.8) is 0 Å². The van der Waals surface area contributed by atoms with E-state index in [-0.39, 0.29) is 0 Å². The quantitative estimate of drug-likeness (QED) is 0.710. The summed E-state index contributed by atoms with van der Waals surface area (Å²) in [6.45, 7) is 2.20. The number of pyridine rings is 1. The van der Waals surface area contributed by atoms with Crippen LogP contribution in [0.3, 0.4) is 0 Å². The van der Waals surface area contributed by atoms with Gasteiger partial charge in [-0.1, -0.05) is 6.07 Å². The van der Waals surface area contributed by atoms with Crippen LogP contribution in [0.5, 0.6) is 0 Å². The molecule has 4 heteroatoms. The predicted molar refractivity (Wildman–Crippen MR) is 61.9 cm³/mol. The molecule has 1 rings (SSSR count). The maximum absolute atomic E-state index is 5.54. The Morgan fingerprint density at radius 1 is 1.47 bits per heavy atom. The molecule has 15 heavy (non-hydrogen) atoms. The molecular formula is C11H19N3O. The minimum atomic E-state index is 0.486. The first-order chi connectivity index (χ1) is 7.27. The van der Waals surface area contributed by atoms with Crippen LogP contribution in [0.1, 0.15) is 12.1 Å². The van der Waals surface area contributed by atoms with E-state index in [0.29, 0.717) is 6.54 Å². The largest absolute Gasteiger partial charge is 0.385 e. The number of methoxy groups -OCH3 is 1. The molecule has 0 aliphatic rings. The molecular weight excluding hydrogens is 190 g/mol. The van der Waals surface area contributed by atoms with Gasteiger partial charge in [-0.3, -0.25) is 0 Å².